The molecule has 2 N–H and O–H groups in total. The lowest BCUT2D eigenvalue weighted by molar-refractivity contribution is 0.168. The van der Waals surface area contributed by atoms with Gasteiger partial charge in [-0.1, -0.05) is 18.6 Å². The lowest BCUT2D eigenvalue weighted by Crippen LogP contribution is -2.43. The molecular formula is C16H26N2O. The lowest BCUT2D eigenvalue weighted by Gasteiger charge is -2.33. The second-order valence-electron chi connectivity index (χ2n) is 5.67. The molecule has 0 spiro atoms. The minimum atomic E-state index is 0.327. The second-order valence-corrected chi connectivity index (χ2v) is 5.67. The summed E-state index contributed by atoms with van der Waals surface area (Å²) in [5.41, 5.74) is 1.23. The summed E-state index contributed by atoms with van der Waals surface area (Å²) in [4.78, 5) is 2.58. The average molecular weight is 262 g/mol. The van der Waals surface area contributed by atoms with E-state index in [4.69, 9.17) is 0 Å². The van der Waals surface area contributed by atoms with Crippen LogP contribution in [-0.2, 0) is 0 Å². The van der Waals surface area contributed by atoms with Gasteiger partial charge in [0.2, 0.25) is 0 Å². The number of nitrogens with one attached hydrogen (secondary N) is 1. The molecule has 2 unspecified atom stereocenters. The van der Waals surface area contributed by atoms with Crippen LogP contribution in [0.2, 0.25) is 0 Å². The molecule has 0 aromatic heterocycles. The van der Waals surface area contributed by atoms with Gasteiger partial charge >= 0.3 is 0 Å². The third-order valence-corrected chi connectivity index (χ3v) is 4.13. The van der Waals surface area contributed by atoms with Gasteiger partial charge in [0.05, 0.1) is 0 Å². The zero-order valence-electron chi connectivity index (χ0n) is 12.1. The summed E-state index contributed by atoms with van der Waals surface area (Å²) < 4.78 is 0. The Balaban J connectivity index is 1.79. The minimum absolute atomic E-state index is 0.327. The minimum Gasteiger partial charge on any atom is -0.508 e. The van der Waals surface area contributed by atoms with Crippen molar-refractivity contribution in [2.24, 2.45) is 0 Å². The van der Waals surface area contributed by atoms with Gasteiger partial charge < -0.3 is 10.4 Å². The van der Waals surface area contributed by atoms with Crippen LogP contribution in [0.4, 0.5) is 0 Å². The first-order valence-electron chi connectivity index (χ1n) is 7.43. The van der Waals surface area contributed by atoms with Crippen molar-refractivity contribution in [2.45, 2.75) is 45.2 Å². The molecule has 0 bridgehead atoms. The van der Waals surface area contributed by atoms with E-state index in [0.717, 1.165) is 6.54 Å². The fourth-order valence-corrected chi connectivity index (χ4v) is 2.72. The van der Waals surface area contributed by atoms with Crippen LogP contribution in [-0.4, -0.2) is 35.7 Å². The Hall–Kier alpha value is -1.06. The van der Waals surface area contributed by atoms with Crippen LogP contribution in [0.15, 0.2) is 24.3 Å². The van der Waals surface area contributed by atoms with Crippen molar-refractivity contribution in [2.75, 3.05) is 19.6 Å². The van der Waals surface area contributed by atoms with Gasteiger partial charge in [0.25, 0.3) is 0 Å². The van der Waals surface area contributed by atoms with E-state index >= 15 is 0 Å². The van der Waals surface area contributed by atoms with Crippen LogP contribution in [0.1, 0.15) is 44.7 Å². The van der Waals surface area contributed by atoms with Gasteiger partial charge in [0.15, 0.2) is 0 Å². The zero-order valence-corrected chi connectivity index (χ0v) is 12.1. The topological polar surface area (TPSA) is 35.5 Å². The van der Waals surface area contributed by atoms with Gasteiger partial charge in [-0.2, -0.15) is 0 Å². The number of phenols is 1. The van der Waals surface area contributed by atoms with Crippen molar-refractivity contribution >= 4 is 0 Å². The Labute approximate surface area is 116 Å². The monoisotopic (exact) mass is 262 g/mol. The van der Waals surface area contributed by atoms with Crippen LogP contribution >= 0.6 is 0 Å². The molecule has 0 amide bonds. The number of hydrogen-bond donors (Lipinski definition) is 2. The van der Waals surface area contributed by atoms with Gasteiger partial charge in [-0.25, -0.2) is 0 Å². The molecule has 3 nitrogen and oxygen atoms in total. The predicted octanol–water partition coefficient (Wildman–Crippen LogP) is 2.92. The average Bonchev–Trinajstić information content (AvgIpc) is 2.46. The van der Waals surface area contributed by atoms with Crippen LogP contribution < -0.4 is 5.32 Å². The van der Waals surface area contributed by atoms with Crippen molar-refractivity contribution in [1.82, 2.24) is 10.2 Å². The molecule has 19 heavy (non-hydrogen) atoms. The Morgan fingerprint density at radius 3 is 2.37 bits per heavy atom. The van der Waals surface area contributed by atoms with E-state index in [0.29, 0.717) is 17.8 Å². The SMILES string of the molecule is CC(NCC(C)N1CCCCC1)c1ccc(O)cc1. The Morgan fingerprint density at radius 1 is 1.11 bits per heavy atom. The lowest BCUT2D eigenvalue weighted by atomic mass is 10.1. The first-order chi connectivity index (χ1) is 9.16. The fourth-order valence-electron chi connectivity index (χ4n) is 2.72. The number of likely N-dealkylation sites (tertiary alicyclic amines) is 1. The molecule has 2 rings (SSSR count). The molecule has 1 aliphatic heterocycles. The molecule has 2 atom stereocenters. The van der Waals surface area contributed by atoms with E-state index in [9.17, 15) is 5.11 Å². The Kier molecular flexibility index (Phi) is 5.23. The van der Waals surface area contributed by atoms with Gasteiger partial charge in [-0.3, -0.25) is 4.90 Å². The zero-order chi connectivity index (χ0) is 13.7. The molecule has 1 heterocycles. The summed E-state index contributed by atoms with van der Waals surface area (Å²) in [6.07, 6.45) is 4.08. The van der Waals surface area contributed by atoms with Crippen LogP contribution in [0.5, 0.6) is 5.75 Å². The maximum absolute atomic E-state index is 9.30. The number of aromatic hydroxyl groups is 1. The van der Waals surface area contributed by atoms with E-state index in [2.05, 4.69) is 24.1 Å². The largest absolute Gasteiger partial charge is 0.508 e. The number of benzene rings is 1. The normalized spacial score (nSPS) is 20.1. The fraction of sp³-hybridized carbons (Fsp3) is 0.625. The maximum atomic E-state index is 9.30. The molecule has 0 saturated carbocycles. The highest BCUT2D eigenvalue weighted by molar-refractivity contribution is 5.27. The summed E-state index contributed by atoms with van der Waals surface area (Å²) in [7, 11) is 0. The summed E-state index contributed by atoms with van der Waals surface area (Å²) >= 11 is 0. The third-order valence-electron chi connectivity index (χ3n) is 4.13. The first-order valence-corrected chi connectivity index (χ1v) is 7.43. The van der Waals surface area contributed by atoms with E-state index in [1.807, 2.05) is 12.1 Å². The molecule has 1 fully saturated rings. The van der Waals surface area contributed by atoms with E-state index in [-0.39, 0.29) is 0 Å². The molecule has 1 aromatic carbocycles. The standard InChI is InChI=1S/C16H26N2O/c1-13(18-10-4-3-5-11-18)12-17-14(2)15-6-8-16(19)9-7-15/h6-9,13-14,17,19H,3-5,10-12H2,1-2H3. The van der Waals surface area contributed by atoms with Crippen molar-refractivity contribution in [1.29, 1.82) is 0 Å². The number of phenolic OH excluding ortho intramolecular Hbond substituents is 1. The highest BCUT2D eigenvalue weighted by Crippen LogP contribution is 2.17. The third kappa shape index (κ3) is 4.22. The van der Waals surface area contributed by atoms with Crippen LogP contribution in [0.25, 0.3) is 0 Å². The van der Waals surface area contributed by atoms with E-state index in [1.54, 1.807) is 12.1 Å². The predicted molar refractivity (Wildman–Crippen MR) is 79.4 cm³/mol. The number of rotatable bonds is 5. The van der Waals surface area contributed by atoms with Crippen LogP contribution in [0.3, 0.4) is 0 Å². The van der Waals surface area contributed by atoms with Crippen molar-refractivity contribution < 1.29 is 5.11 Å². The molecule has 1 aromatic rings. The molecule has 3 heteroatoms. The van der Waals surface area contributed by atoms with Crippen molar-refractivity contribution in [3.05, 3.63) is 29.8 Å². The summed E-state index contributed by atoms with van der Waals surface area (Å²) in [6, 6.07) is 8.40. The van der Waals surface area contributed by atoms with E-state index in [1.165, 1.54) is 37.9 Å². The molecular weight excluding hydrogens is 236 g/mol. The Bertz CT molecular complexity index is 371. The highest BCUT2D eigenvalue weighted by Gasteiger charge is 2.17. The van der Waals surface area contributed by atoms with E-state index < -0.39 is 0 Å². The van der Waals surface area contributed by atoms with Gasteiger partial charge in [0, 0.05) is 18.6 Å². The van der Waals surface area contributed by atoms with Crippen LogP contribution in [0, 0.1) is 0 Å². The van der Waals surface area contributed by atoms with Gasteiger partial charge in [-0.05, 0) is 57.5 Å². The quantitative estimate of drug-likeness (QED) is 0.856. The molecule has 0 radical (unpaired) electrons. The summed E-state index contributed by atoms with van der Waals surface area (Å²) in [5.74, 6) is 0.331. The number of hydrogen-bond acceptors (Lipinski definition) is 3. The molecule has 106 valence electrons. The summed E-state index contributed by atoms with van der Waals surface area (Å²) in [5, 5.41) is 12.9. The highest BCUT2D eigenvalue weighted by atomic mass is 16.3. The first kappa shape index (κ1) is 14.4. The van der Waals surface area contributed by atoms with Gasteiger partial charge in [0.1, 0.15) is 5.75 Å². The maximum Gasteiger partial charge on any atom is 0.115 e. The molecule has 1 saturated heterocycles. The van der Waals surface area contributed by atoms with Gasteiger partial charge in [-0.15, -0.1) is 0 Å². The van der Waals surface area contributed by atoms with Crippen molar-refractivity contribution in [3.8, 4) is 5.75 Å². The smallest absolute Gasteiger partial charge is 0.115 e. The molecule has 1 aliphatic rings. The number of nitrogens with zero attached hydrogens (tertiary/aromatic N) is 1. The summed E-state index contributed by atoms with van der Waals surface area (Å²) in [6.45, 7) is 7.99. The van der Waals surface area contributed by atoms with Crippen molar-refractivity contribution in [3.63, 3.8) is 0 Å². The second kappa shape index (κ2) is 6.92. The number of piperidine rings is 1. The Morgan fingerprint density at radius 2 is 1.74 bits per heavy atom. The molecule has 0 aliphatic carbocycles.